The van der Waals surface area contributed by atoms with Gasteiger partial charge in [0.25, 0.3) is 0 Å². The van der Waals surface area contributed by atoms with Crippen LogP contribution in [-0.4, -0.2) is 49.2 Å². The molecule has 4 aromatic rings. The van der Waals surface area contributed by atoms with Crippen molar-refractivity contribution >= 4 is 123 Å². The molecule has 12 nitrogen and oxygen atoms in total. The molecule has 0 radical (unpaired) electrons. The second kappa shape index (κ2) is 23.2. The smallest absolute Gasteiger partial charge is 0.364 e. The minimum absolute atomic E-state index is 0.206. The molecule has 0 aliphatic heterocycles. The summed E-state index contributed by atoms with van der Waals surface area (Å²) in [5.74, 6) is 1.39. The number of thiocarbonyl (C=S) groups is 3. The van der Waals surface area contributed by atoms with E-state index in [1.807, 2.05) is 36.4 Å². The molecule has 1 heterocycles. The van der Waals surface area contributed by atoms with Crippen molar-refractivity contribution < 1.29 is 26.8 Å². The Bertz CT molecular complexity index is 1790. The Kier molecular flexibility index (Phi) is 18.8. The summed E-state index contributed by atoms with van der Waals surface area (Å²) in [6.07, 6.45) is 0. The second-order valence-electron chi connectivity index (χ2n) is 10.5. The normalized spacial score (nSPS) is 10.7. The summed E-state index contributed by atoms with van der Waals surface area (Å²) >= 11 is 36.3. The number of benzene rings is 3. The van der Waals surface area contributed by atoms with Crippen LogP contribution in [0.4, 0.5) is 0 Å². The van der Waals surface area contributed by atoms with Crippen molar-refractivity contribution in [3.8, 4) is 0 Å². The number of aromatic nitrogens is 3. The Morgan fingerprint density at radius 1 is 0.463 bits per heavy atom. The lowest BCUT2D eigenvalue weighted by molar-refractivity contribution is 0.218. The van der Waals surface area contributed by atoms with Crippen molar-refractivity contribution in [3.63, 3.8) is 0 Å². The fourth-order valence-electron chi connectivity index (χ4n) is 4.17. The maximum atomic E-state index is 13.4. The van der Waals surface area contributed by atoms with Crippen LogP contribution in [0.25, 0.3) is 0 Å². The van der Waals surface area contributed by atoms with Gasteiger partial charge in [0.2, 0.25) is 0 Å². The summed E-state index contributed by atoms with van der Waals surface area (Å²) in [6.45, 7) is -1.45. The lowest BCUT2D eigenvalue weighted by atomic mass is 10.2. The van der Waals surface area contributed by atoms with E-state index in [1.54, 1.807) is 36.4 Å². The number of rotatable bonds is 18. The molecule has 0 amide bonds. The van der Waals surface area contributed by atoms with E-state index in [-0.39, 0.29) is 55.2 Å². The van der Waals surface area contributed by atoms with E-state index < -0.39 is 17.1 Å². The highest BCUT2D eigenvalue weighted by Gasteiger charge is 2.17. The van der Waals surface area contributed by atoms with E-state index in [0.717, 1.165) is 66.5 Å². The Morgan fingerprint density at radius 3 is 0.944 bits per heavy atom. The zero-order chi connectivity index (χ0) is 38.9. The first-order chi connectivity index (χ1) is 26.0. The zero-order valence-electron chi connectivity index (χ0n) is 27.9. The van der Waals surface area contributed by atoms with Gasteiger partial charge < -0.3 is 26.8 Å². The molecule has 21 heteroatoms. The molecule has 0 N–H and O–H groups in total. The van der Waals surface area contributed by atoms with Crippen LogP contribution in [0.1, 0.15) is 16.7 Å². The van der Waals surface area contributed by atoms with Crippen LogP contribution >= 0.6 is 108 Å². The third-order valence-electron chi connectivity index (χ3n) is 6.79. The van der Waals surface area contributed by atoms with Gasteiger partial charge in [-0.2, -0.15) is 0 Å². The number of nitrogens with zero attached hydrogens (tertiary/aromatic N) is 3. The predicted octanol–water partition coefficient (Wildman–Crippen LogP) is 7.63. The zero-order valence-corrected chi connectivity index (χ0v) is 35.1. The first kappa shape index (κ1) is 43.8. The van der Waals surface area contributed by atoms with Gasteiger partial charge in [0.15, 0.2) is 0 Å². The molecule has 0 aliphatic carbocycles. The molecule has 0 saturated carbocycles. The minimum Gasteiger partial charge on any atom is -0.454 e. The highest BCUT2D eigenvalue weighted by Crippen LogP contribution is 2.19. The fraction of sp³-hybridized carbons (Fsp3) is 0.273. The lowest BCUT2D eigenvalue weighted by Gasteiger charge is -2.15. The molecule has 3 aromatic carbocycles. The van der Waals surface area contributed by atoms with Gasteiger partial charge in [0, 0.05) is 51.7 Å². The number of halogens is 3. The first-order valence-electron chi connectivity index (χ1n) is 15.6. The van der Waals surface area contributed by atoms with Gasteiger partial charge in [-0.25, -0.2) is 28.1 Å². The molecule has 4 rings (SSSR count). The van der Waals surface area contributed by atoms with Gasteiger partial charge in [0.1, 0.15) is 19.8 Å². The van der Waals surface area contributed by atoms with E-state index in [1.165, 1.54) is 0 Å². The molecule has 0 bridgehead atoms. The molecule has 288 valence electrons. The standard InChI is InChI=1S/C33H30Cl3N3O9S6/c34-25-7-1-22(2-8-25)19-52-46-31(49)43-16-13-37-28(40)38(14-17-44-32(50)47-53-20-23-3-9-26(35)10-4-23)30(42)39(29(37)41)15-18-45-33(51)48-54-21-24-5-11-27(36)12-6-24/h1-12H,13-21H2. The lowest BCUT2D eigenvalue weighted by Crippen LogP contribution is -2.55. The minimum atomic E-state index is -0.903. The van der Waals surface area contributed by atoms with Gasteiger partial charge in [-0.05, 0) is 53.1 Å². The average Bonchev–Trinajstić information content (AvgIpc) is 3.15. The number of hydrogen-bond acceptors (Lipinski definition) is 15. The molecule has 0 spiro atoms. The Hall–Kier alpha value is -2.94. The van der Waals surface area contributed by atoms with Crippen LogP contribution in [-0.2, 0) is 63.7 Å². The Balaban J connectivity index is 1.34. The summed E-state index contributed by atoms with van der Waals surface area (Å²) < 4.78 is 34.9. The third-order valence-corrected chi connectivity index (χ3v) is 10.6. The predicted molar refractivity (Wildman–Crippen MR) is 226 cm³/mol. The highest BCUT2D eigenvalue weighted by molar-refractivity contribution is 7.95. The quantitative estimate of drug-likeness (QED) is 0.0718. The van der Waals surface area contributed by atoms with Crippen LogP contribution in [0.2, 0.25) is 15.1 Å². The van der Waals surface area contributed by atoms with Crippen molar-refractivity contribution in [2.24, 2.45) is 0 Å². The van der Waals surface area contributed by atoms with Crippen LogP contribution in [0, 0.1) is 0 Å². The molecule has 0 fully saturated rings. The maximum Gasteiger partial charge on any atom is 0.364 e. The summed E-state index contributed by atoms with van der Waals surface area (Å²) in [5, 5.41) is 1.21. The fourth-order valence-corrected chi connectivity index (χ4v) is 6.82. The van der Waals surface area contributed by atoms with Gasteiger partial charge in [-0.3, -0.25) is 0 Å². The third kappa shape index (κ3) is 15.0. The van der Waals surface area contributed by atoms with Crippen molar-refractivity contribution in [1.29, 1.82) is 0 Å². The van der Waals surface area contributed by atoms with E-state index in [9.17, 15) is 14.4 Å². The molecule has 0 aliphatic rings. The van der Waals surface area contributed by atoms with E-state index in [2.05, 4.69) is 0 Å². The summed E-state index contributed by atoms with van der Waals surface area (Å²) in [5.41, 5.74) is 0.131. The van der Waals surface area contributed by atoms with E-state index >= 15 is 0 Å². The van der Waals surface area contributed by atoms with Gasteiger partial charge in [-0.1, -0.05) is 71.2 Å². The van der Waals surface area contributed by atoms with Crippen molar-refractivity contribution in [1.82, 2.24) is 13.7 Å². The van der Waals surface area contributed by atoms with Crippen molar-refractivity contribution in [2.45, 2.75) is 36.9 Å². The highest BCUT2D eigenvalue weighted by atomic mass is 35.5. The topological polar surface area (TPSA) is 121 Å². The summed E-state index contributed by atoms with van der Waals surface area (Å²) in [4.78, 5) is 40.3. The van der Waals surface area contributed by atoms with E-state index in [4.69, 9.17) is 98.2 Å². The molecule has 54 heavy (non-hydrogen) atoms. The molecule has 1 aromatic heterocycles. The number of hydrogen-bond donors (Lipinski definition) is 0. The summed E-state index contributed by atoms with van der Waals surface area (Å²) in [7, 11) is 0. The molecule has 0 saturated heterocycles. The molecular formula is C33H30Cl3N3O9S6. The van der Waals surface area contributed by atoms with Crippen LogP contribution < -0.4 is 17.1 Å². The second-order valence-corrected chi connectivity index (χ2v) is 14.9. The van der Waals surface area contributed by atoms with Crippen molar-refractivity contribution in [3.05, 3.63) is 136 Å². The molecular weight excluding hydrogens is 881 g/mol. The molecule has 0 unspecified atom stereocenters. The van der Waals surface area contributed by atoms with Gasteiger partial charge >= 0.3 is 32.8 Å². The van der Waals surface area contributed by atoms with Gasteiger partial charge in [-0.15, -0.1) is 0 Å². The van der Waals surface area contributed by atoms with Gasteiger partial charge in [0.05, 0.1) is 73.0 Å². The molecule has 0 atom stereocenters. The Morgan fingerprint density at radius 2 is 0.704 bits per heavy atom. The van der Waals surface area contributed by atoms with Crippen LogP contribution in [0.15, 0.2) is 87.2 Å². The summed E-state index contributed by atoms with van der Waals surface area (Å²) in [6, 6.07) is 21.6. The monoisotopic (exact) mass is 909 g/mol. The number of ether oxygens (including phenoxy) is 3. The van der Waals surface area contributed by atoms with E-state index in [0.29, 0.717) is 32.3 Å². The average molecular weight is 911 g/mol. The van der Waals surface area contributed by atoms with Crippen LogP contribution in [0.5, 0.6) is 0 Å². The maximum absolute atomic E-state index is 13.4. The van der Waals surface area contributed by atoms with Crippen molar-refractivity contribution in [2.75, 3.05) is 19.8 Å². The largest absolute Gasteiger partial charge is 0.454 e. The Labute approximate surface area is 353 Å². The first-order valence-corrected chi connectivity index (χ1v) is 20.7. The SMILES string of the molecule is O=c1n(CCOC(=S)OSCc2ccc(Cl)cc2)c(=O)n(CCOC(=S)OSCc2ccc(Cl)cc2)c(=O)n1CCOC(=S)OSCc1ccc(Cl)cc1. The van der Waals surface area contributed by atoms with Crippen LogP contribution in [0.3, 0.4) is 0 Å².